The van der Waals surface area contributed by atoms with Gasteiger partial charge in [-0.25, -0.2) is 0 Å². The number of hydrogen-bond donors (Lipinski definition) is 1. The highest BCUT2D eigenvalue weighted by Crippen LogP contribution is 2.21. The van der Waals surface area contributed by atoms with E-state index in [0.29, 0.717) is 6.61 Å². The molecule has 0 fully saturated rings. The zero-order valence-electron chi connectivity index (χ0n) is 14.3. The number of anilines is 1. The maximum atomic E-state index is 5.72. The van der Waals surface area contributed by atoms with Crippen LogP contribution in [-0.4, -0.2) is 13.2 Å². The third kappa shape index (κ3) is 4.39. The van der Waals surface area contributed by atoms with Crippen molar-refractivity contribution in [1.82, 2.24) is 0 Å². The standard InChI is InChI=1S/C22H23NO/c1-17-3-7-19(8-4-17)20-9-11-21(12-10-20)23-15-16-24-22-13-5-18(2)6-14-22/h3-14,23H,15-16H2,1-2H3. The summed E-state index contributed by atoms with van der Waals surface area (Å²) in [6.45, 7) is 5.60. The van der Waals surface area contributed by atoms with Gasteiger partial charge in [0.1, 0.15) is 12.4 Å². The summed E-state index contributed by atoms with van der Waals surface area (Å²) in [5, 5.41) is 3.39. The minimum absolute atomic E-state index is 0.642. The number of aryl methyl sites for hydroxylation is 2. The summed E-state index contributed by atoms with van der Waals surface area (Å²) in [6.07, 6.45) is 0. The Kier molecular flexibility index (Phi) is 5.17. The van der Waals surface area contributed by atoms with E-state index in [1.54, 1.807) is 0 Å². The van der Waals surface area contributed by atoms with Crippen molar-refractivity contribution in [2.45, 2.75) is 13.8 Å². The van der Waals surface area contributed by atoms with Gasteiger partial charge in [-0.2, -0.15) is 0 Å². The molecule has 3 aromatic rings. The first-order valence-corrected chi connectivity index (χ1v) is 8.31. The fourth-order valence-electron chi connectivity index (χ4n) is 2.53. The monoisotopic (exact) mass is 317 g/mol. The second kappa shape index (κ2) is 7.69. The molecule has 0 saturated carbocycles. The van der Waals surface area contributed by atoms with Crippen molar-refractivity contribution in [3.63, 3.8) is 0 Å². The smallest absolute Gasteiger partial charge is 0.119 e. The Labute approximate surface area is 144 Å². The quantitative estimate of drug-likeness (QED) is 0.609. The fourth-order valence-corrected chi connectivity index (χ4v) is 2.53. The predicted octanol–water partition coefficient (Wildman–Crippen LogP) is 5.46. The molecule has 0 radical (unpaired) electrons. The molecule has 1 N–H and O–H groups in total. The molecule has 0 atom stereocenters. The average Bonchev–Trinajstić information content (AvgIpc) is 2.62. The van der Waals surface area contributed by atoms with Crippen LogP contribution in [0.1, 0.15) is 11.1 Å². The Bertz CT molecular complexity index is 759. The first-order valence-electron chi connectivity index (χ1n) is 8.31. The van der Waals surface area contributed by atoms with Gasteiger partial charge in [-0.1, -0.05) is 59.7 Å². The number of ether oxygens (including phenoxy) is 1. The molecule has 0 aliphatic rings. The summed E-state index contributed by atoms with van der Waals surface area (Å²) < 4.78 is 5.72. The first kappa shape index (κ1) is 16.1. The Morgan fingerprint density at radius 2 is 1.17 bits per heavy atom. The molecule has 0 aliphatic carbocycles. The molecule has 0 bridgehead atoms. The summed E-state index contributed by atoms with van der Waals surface area (Å²) in [4.78, 5) is 0. The molecule has 122 valence electrons. The van der Waals surface area contributed by atoms with Gasteiger partial charge in [0.2, 0.25) is 0 Å². The van der Waals surface area contributed by atoms with Crippen molar-refractivity contribution in [3.8, 4) is 16.9 Å². The van der Waals surface area contributed by atoms with E-state index in [4.69, 9.17) is 4.74 Å². The summed E-state index contributed by atoms with van der Waals surface area (Å²) in [5.74, 6) is 0.914. The molecule has 3 aromatic carbocycles. The zero-order valence-corrected chi connectivity index (χ0v) is 14.3. The van der Waals surface area contributed by atoms with Crippen LogP contribution in [-0.2, 0) is 0 Å². The Morgan fingerprint density at radius 1 is 0.667 bits per heavy atom. The van der Waals surface area contributed by atoms with Crippen molar-refractivity contribution in [3.05, 3.63) is 83.9 Å². The second-order valence-corrected chi connectivity index (χ2v) is 6.03. The van der Waals surface area contributed by atoms with Crippen molar-refractivity contribution in [1.29, 1.82) is 0 Å². The number of nitrogens with one attached hydrogen (secondary N) is 1. The van der Waals surface area contributed by atoms with Crippen LogP contribution < -0.4 is 10.1 Å². The predicted molar refractivity (Wildman–Crippen MR) is 102 cm³/mol. The minimum Gasteiger partial charge on any atom is -0.492 e. The van der Waals surface area contributed by atoms with Crippen LogP contribution in [0.25, 0.3) is 11.1 Å². The van der Waals surface area contributed by atoms with Crippen LogP contribution in [0.15, 0.2) is 72.8 Å². The largest absolute Gasteiger partial charge is 0.492 e. The normalized spacial score (nSPS) is 10.4. The van der Waals surface area contributed by atoms with Crippen LogP contribution in [0.5, 0.6) is 5.75 Å². The average molecular weight is 317 g/mol. The highest BCUT2D eigenvalue weighted by atomic mass is 16.5. The van der Waals surface area contributed by atoms with Gasteiger partial charge in [-0.15, -0.1) is 0 Å². The third-order valence-corrected chi connectivity index (χ3v) is 3.99. The summed E-state index contributed by atoms with van der Waals surface area (Å²) in [7, 11) is 0. The van der Waals surface area contributed by atoms with E-state index in [1.807, 2.05) is 12.1 Å². The van der Waals surface area contributed by atoms with Crippen LogP contribution >= 0.6 is 0 Å². The maximum absolute atomic E-state index is 5.72. The number of hydrogen-bond acceptors (Lipinski definition) is 2. The molecule has 24 heavy (non-hydrogen) atoms. The molecule has 0 unspecified atom stereocenters. The van der Waals surface area contributed by atoms with E-state index < -0.39 is 0 Å². The molecule has 0 saturated heterocycles. The maximum Gasteiger partial charge on any atom is 0.119 e. The van der Waals surface area contributed by atoms with Gasteiger partial charge < -0.3 is 10.1 Å². The lowest BCUT2D eigenvalue weighted by atomic mass is 10.0. The highest BCUT2D eigenvalue weighted by Gasteiger charge is 1.98. The number of rotatable bonds is 6. The van der Waals surface area contributed by atoms with Gasteiger partial charge in [0.25, 0.3) is 0 Å². The van der Waals surface area contributed by atoms with Crippen LogP contribution in [0.3, 0.4) is 0 Å². The lowest BCUT2D eigenvalue weighted by molar-refractivity contribution is 0.333. The van der Waals surface area contributed by atoms with E-state index in [2.05, 4.69) is 79.8 Å². The molecular formula is C22H23NO. The van der Waals surface area contributed by atoms with Crippen molar-refractivity contribution in [2.75, 3.05) is 18.5 Å². The summed E-state index contributed by atoms with van der Waals surface area (Å²) in [5.41, 5.74) is 6.12. The van der Waals surface area contributed by atoms with Gasteiger partial charge in [-0.3, -0.25) is 0 Å². The molecule has 0 aromatic heterocycles. The molecule has 3 rings (SSSR count). The first-order chi connectivity index (χ1) is 11.7. The topological polar surface area (TPSA) is 21.3 Å². The van der Waals surface area contributed by atoms with Gasteiger partial charge >= 0.3 is 0 Å². The second-order valence-electron chi connectivity index (χ2n) is 6.03. The molecule has 2 nitrogen and oxygen atoms in total. The summed E-state index contributed by atoms with van der Waals surface area (Å²) >= 11 is 0. The van der Waals surface area contributed by atoms with E-state index >= 15 is 0 Å². The Balaban J connectivity index is 1.49. The highest BCUT2D eigenvalue weighted by molar-refractivity contribution is 5.66. The fraction of sp³-hybridized carbons (Fsp3) is 0.182. The lowest BCUT2D eigenvalue weighted by Crippen LogP contribution is -2.11. The summed E-state index contributed by atoms with van der Waals surface area (Å²) in [6, 6.07) is 25.3. The van der Waals surface area contributed by atoms with Crippen molar-refractivity contribution in [2.24, 2.45) is 0 Å². The van der Waals surface area contributed by atoms with Gasteiger partial charge in [0.05, 0.1) is 0 Å². The van der Waals surface area contributed by atoms with Crippen LogP contribution in [0.2, 0.25) is 0 Å². The van der Waals surface area contributed by atoms with Crippen molar-refractivity contribution >= 4 is 5.69 Å². The SMILES string of the molecule is Cc1ccc(OCCNc2ccc(-c3ccc(C)cc3)cc2)cc1. The van der Waals surface area contributed by atoms with E-state index in [1.165, 1.54) is 22.3 Å². The Morgan fingerprint density at radius 3 is 1.75 bits per heavy atom. The molecular weight excluding hydrogens is 294 g/mol. The third-order valence-electron chi connectivity index (χ3n) is 3.99. The molecule has 0 spiro atoms. The molecule has 2 heteroatoms. The van der Waals surface area contributed by atoms with Crippen molar-refractivity contribution < 1.29 is 4.74 Å². The van der Waals surface area contributed by atoms with E-state index in [9.17, 15) is 0 Å². The van der Waals surface area contributed by atoms with Gasteiger partial charge in [-0.05, 0) is 49.2 Å². The number of benzene rings is 3. The van der Waals surface area contributed by atoms with E-state index in [0.717, 1.165) is 18.0 Å². The van der Waals surface area contributed by atoms with Gasteiger partial charge in [0.15, 0.2) is 0 Å². The van der Waals surface area contributed by atoms with Crippen LogP contribution in [0, 0.1) is 13.8 Å². The molecule has 0 aliphatic heterocycles. The van der Waals surface area contributed by atoms with Crippen LogP contribution in [0.4, 0.5) is 5.69 Å². The lowest BCUT2D eigenvalue weighted by Gasteiger charge is -2.10. The minimum atomic E-state index is 0.642. The molecule has 0 heterocycles. The Hall–Kier alpha value is -2.74. The zero-order chi connectivity index (χ0) is 16.8. The van der Waals surface area contributed by atoms with E-state index in [-0.39, 0.29) is 0 Å². The van der Waals surface area contributed by atoms with Gasteiger partial charge in [0, 0.05) is 12.2 Å². The molecule has 0 amide bonds.